The van der Waals surface area contributed by atoms with Gasteiger partial charge in [-0.1, -0.05) is 0 Å². The summed E-state index contributed by atoms with van der Waals surface area (Å²) in [5, 5.41) is 5.11. The topological polar surface area (TPSA) is 84.2 Å². The molecular weight excluding hydrogens is 285 g/mol. The van der Waals surface area contributed by atoms with Gasteiger partial charge < -0.3 is 16.4 Å². The zero-order valence-corrected chi connectivity index (χ0v) is 12.1. The van der Waals surface area contributed by atoms with E-state index in [0.29, 0.717) is 18.8 Å². The van der Waals surface area contributed by atoms with E-state index in [1.54, 1.807) is 0 Å². The summed E-state index contributed by atoms with van der Waals surface area (Å²) < 4.78 is 13.5. The molecule has 5 nitrogen and oxygen atoms in total. The molecular formula is C13H19ClFN3O2. The summed E-state index contributed by atoms with van der Waals surface area (Å²) in [6, 6.07) is 3.87. The SMILES string of the molecule is CC(=O)Nc1ccc(F)c(C(=O)NCCCCN)c1.Cl. The second-order valence-electron chi connectivity index (χ2n) is 4.13. The number of halogens is 2. The minimum absolute atomic E-state index is 0. The van der Waals surface area contributed by atoms with Crippen LogP contribution in [0.15, 0.2) is 18.2 Å². The van der Waals surface area contributed by atoms with Crippen LogP contribution in [-0.4, -0.2) is 24.9 Å². The van der Waals surface area contributed by atoms with Crippen LogP contribution in [0.4, 0.5) is 10.1 Å². The molecule has 0 saturated heterocycles. The van der Waals surface area contributed by atoms with Crippen molar-refractivity contribution in [3.05, 3.63) is 29.6 Å². The van der Waals surface area contributed by atoms with Crippen LogP contribution in [0, 0.1) is 5.82 Å². The fraction of sp³-hybridized carbons (Fsp3) is 0.385. The second-order valence-corrected chi connectivity index (χ2v) is 4.13. The molecule has 1 rings (SSSR count). The van der Waals surface area contributed by atoms with Crippen molar-refractivity contribution in [2.24, 2.45) is 5.73 Å². The van der Waals surface area contributed by atoms with Crippen molar-refractivity contribution in [2.45, 2.75) is 19.8 Å². The first-order valence-corrected chi connectivity index (χ1v) is 6.10. The molecule has 7 heteroatoms. The maximum Gasteiger partial charge on any atom is 0.254 e. The molecule has 1 aromatic carbocycles. The maximum absolute atomic E-state index is 13.5. The lowest BCUT2D eigenvalue weighted by Crippen LogP contribution is -2.26. The summed E-state index contributed by atoms with van der Waals surface area (Å²) >= 11 is 0. The predicted octanol–water partition coefficient (Wildman–Crippen LogP) is 1.67. The highest BCUT2D eigenvalue weighted by Crippen LogP contribution is 2.14. The summed E-state index contributed by atoms with van der Waals surface area (Å²) in [6.07, 6.45) is 1.55. The van der Waals surface area contributed by atoms with Gasteiger partial charge in [-0.25, -0.2) is 4.39 Å². The molecule has 0 aliphatic heterocycles. The minimum atomic E-state index is -0.620. The molecule has 0 aliphatic rings. The van der Waals surface area contributed by atoms with Crippen LogP contribution >= 0.6 is 12.4 Å². The van der Waals surface area contributed by atoms with Gasteiger partial charge in [0, 0.05) is 19.2 Å². The summed E-state index contributed by atoms with van der Waals surface area (Å²) in [5.74, 6) is -1.40. The first-order chi connectivity index (χ1) is 9.04. The average molecular weight is 304 g/mol. The molecule has 0 radical (unpaired) electrons. The molecule has 0 unspecified atom stereocenters. The van der Waals surface area contributed by atoms with Crippen LogP contribution in [0.5, 0.6) is 0 Å². The Morgan fingerprint density at radius 1 is 1.30 bits per heavy atom. The lowest BCUT2D eigenvalue weighted by Gasteiger charge is -2.08. The molecule has 0 bridgehead atoms. The van der Waals surface area contributed by atoms with E-state index >= 15 is 0 Å². The Hall–Kier alpha value is -1.66. The molecule has 20 heavy (non-hydrogen) atoms. The van der Waals surface area contributed by atoms with Crippen LogP contribution in [0.3, 0.4) is 0 Å². The highest BCUT2D eigenvalue weighted by molar-refractivity contribution is 5.97. The Morgan fingerprint density at radius 3 is 2.60 bits per heavy atom. The Balaban J connectivity index is 0.00000361. The van der Waals surface area contributed by atoms with Gasteiger partial charge in [0.25, 0.3) is 5.91 Å². The second kappa shape index (κ2) is 9.28. The third kappa shape index (κ3) is 5.99. The molecule has 0 fully saturated rings. The molecule has 1 aromatic rings. The minimum Gasteiger partial charge on any atom is -0.352 e. The van der Waals surface area contributed by atoms with Gasteiger partial charge in [0.2, 0.25) is 5.91 Å². The van der Waals surface area contributed by atoms with Crippen molar-refractivity contribution >= 4 is 29.9 Å². The summed E-state index contributed by atoms with van der Waals surface area (Å²) in [4.78, 5) is 22.7. The molecule has 2 amide bonds. The largest absolute Gasteiger partial charge is 0.352 e. The molecule has 0 spiro atoms. The van der Waals surface area contributed by atoms with E-state index in [9.17, 15) is 14.0 Å². The number of unbranched alkanes of at least 4 members (excludes halogenated alkanes) is 1. The van der Waals surface area contributed by atoms with E-state index in [-0.39, 0.29) is 23.9 Å². The molecule has 112 valence electrons. The van der Waals surface area contributed by atoms with Gasteiger partial charge in [0.05, 0.1) is 5.56 Å². The zero-order valence-electron chi connectivity index (χ0n) is 11.2. The van der Waals surface area contributed by atoms with E-state index in [1.165, 1.54) is 19.1 Å². The number of hydrogen-bond donors (Lipinski definition) is 3. The van der Waals surface area contributed by atoms with Crippen molar-refractivity contribution in [3.63, 3.8) is 0 Å². The van der Waals surface area contributed by atoms with Gasteiger partial charge in [-0.3, -0.25) is 9.59 Å². The van der Waals surface area contributed by atoms with E-state index in [1.807, 2.05) is 0 Å². The lowest BCUT2D eigenvalue weighted by atomic mass is 10.1. The fourth-order valence-corrected chi connectivity index (χ4v) is 1.55. The summed E-state index contributed by atoms with van der Waals surface area (Å²) in [6.45, 7) is 2.35. The molecule has 0 aromatic heterocycles. The quantitative estimate of drug-likeness (QED) is 0.699. The third-order valence-electron chi connectivity index (χ3n) is 2.45. The van der Waals surface area contributed by atoms with Crippen molar-refractivity contribution in [3.8, 4) is 0 Å². The molecule has 0 heterocycles. The van der Waals surface area contributed by atoms with E-state index in [0.717, 1.165) is 18.9 Å². The van der Waals surface area contributed by atoms with E-state index in [4.69, 9.17) is 5.73 Å². The number of nitrogens with two attached hydrogens (primary N) is 1. The van der Waals surface area contributed by atoms with Crippen molar-refractivity contribution in [2.75, 3.05) is 18.4 Å². The Morgan fingerprint density at radius 2 is 2.00 bits per heavy atom. The van der Waals surface area contributed by atoms with Crippen LogP contribution in [-0.2, 0) is 4.79 Å². The lowest BCUT2D eigenvalue weighted by molar-refractivity contribution is -0.114. The molecule has 0 atom stereocenters. The normalized spacial score (nSPS) is 9.55. The Kier molecular flexibility index (Phi) is 8.51. The van der Waals surface area contributed by atoms with Crippen molar-refractivity contribution in [1.82, 2.24) is 5.32 Å². The Labute approximate surface area is 123 Å². The molecule has 0 aliphatic carbocycles. The predicted molar refractivity (Wildman–Crippen MR) is 78.6 cm³/mol. The number of carbonyl (C=O) groups excluding carboxylic acids is 2. The molecule has 4 N–H and O–H groups in total. The standard InChI is InChI=1S/C13H18FN3O2.ClH/c1-9(18)17-10-4-5-12(14)11(8-10)13(19)16-7-3-2-6-15;/h4-5,8H,2-3,6-7,15H2,1H3,(H,16,19)(H,17,18);1H. The van der Waals surface area contributed by atoms with E-state index in [2.05, 4.69) is 10.6 Å². The smallest absolute Gasteiger partial charge is 0.254 e. The average Bonchev–Trinajstić information content (AvgIpc) is 2.36. The third-order valence-corrected chi connectivity index (χ3v) is 2.45. The first kappa shape index (κ1) is 18.3. The number of amides is 2. The summed E-state index contributed by atoms with van der Waals surface area (Å²) in [7, 11) is 0. The monoisotopic (exact) mass is 303 g/mol. The summed E-state index contributed by atoms with van der Waals surface area (Å²) in [5.41, 5.74) is 5.64. The Bertz CT molecular complexity index is 469. The zero-order chi connectivity index (χ0) is 14.3. The van der Waals surface area contributed by atoms with Crippen LogP contribution in [0.1, 0.15) is 30.1 Å². The van der Waals surface area contributed by atoms with Crippen LogP contribution in [0.25, 0.3) is 0 Å². The first-order valence-electron chi connectivity index (χ1n) is 6.10. The number of anilines is 1. The van der Waals surface area contributed by atoms with Gasteiger partial charge in [-0.2, -0.15) is 0 Å². The number of nitrogens with one attached hydrogen (secondary N) is 2. The van der Waals surface area contributed by atoms with Gasteiger partial charge in [0.1, 0.15) is 5.82 Å². The van der Waals surface area contributed by atoms with Crippen molar-refractivity contribution in [1.29, 1.82) is 0 Å². The van der Waals surface area contributed by atoms with Gasteiger partial charge in [0.15, 0.2) is 0 Å². The number of rotatable bonds is 6. The van der Waals surface area contributed by atoms with Crippen molar-refractivity contribution < 1.29 is 14.0 Å². The fourth-order valence-electron chi connectivity index (χ4n) is 1.55. The highest BCUT2D eigenvalue weighted by atomic mass is 35.5. The molecule has 0 saturated carbocycles. The highest BCUT2D eigenvalue weighted by Gasteiger charge is 2.12. The number of hydrogen-bond acceptors (Lipinski definition) is 3. The number of benzene rings is 1. The maximum atomic E-state index is 13.5. The van der Waals surface area contributed by atoms with Gasteiger partial charge in [-0.05, 0) is 37.6 Å². The van der Waals surface area contributed by atoms with Crippen LogP contribution < -0.4 is 16.4 Å². The van der Waals surface area contributed by atoms with Gasteiger partial charge >= 0.3 is 0 Å². The van der Waals surface area contributed by atoms with Gasteiger partial charge in [-0.15, -0.1) is 12.4 Å². The van der Waals surface area contributed by atoms with Crippen LogP contribution in [0.2, 0.25) is 0 Å². The number of carbonyl (C=O) groups is 2. The van der Waals surface area contributed by atoms with E-state index < -0.39 is 11.7 Å².